The molecule has 6 unspecified atom stereocenters. The van der Waals surface area contributed by atoms with E-state index in [1.165, 1.54) is 5.57 Å². The van der Waals surface area contributed by atoms with E-state index < -0.39 is 16.8 Å². The predicted octanol–water partition coefficient (Wildman–Crippen LogP) is 2.72. The molecule has 5 rings (SSSR count). The van der Waals surface area contributed by atoms with Crippen LogP contribution in [0, 0.1) is 5.41 Å². The lowest BCUT2D eigenvalue weighted by molar-refractivity contribution is -0.375. The molecule has 1 saturated carbocycles. The van der Waals surface area contributed by atoms with Crippen molar-refractivity contribution in [1.29, 1.82) is 0 Å². The maximum absolute atomic E-state index is 12.3. The van der Waals surface area contributed by atoms with Crippen LogP contribution >= 0.6 is 0 Å². The lowest BCUT2D eigenvalue weighted by atomic mass is 9.48. The summed E-state index contributed by atoms with van der Waals surface area (Å²) in [7, 11) is 3.81. The Bertz CT molecular complexity index is 762. The standard InChI is InChI=1S/C22H33NO5/c1-13-12-16-21(24)7-8-22(26-11-6-14(2)28-22)19-20(21,9-10-23(16)4)17(13)18(27-19)15(3)25-5/h14,16,19,24H,6-12H2,1-5H3. The van der Waals surface area contributed by atoms with Crippen molar-refractivity contribution in [2.75, 3.05) is 27.3 Å². The molecular formula is C22H33NO5. The van der Waals surface area contributed by atoms with E-state index in [9.17, 15) is 5.11 Å². The van der Waals surface area contributed by atoms with Crippen LogP contribution in [0.3, 0.4) is 0 Å². The highest BCUT2D eigenvalue weighted by Gasteiger charge is 2.77. The van der Waals surface area contributed by atoms with Crippen molar-refractivity contribution in [1.82, 2.24) is 4.90 Å². The summed E-state index contributed by atoms with van der Waals surface area (Å²) in [4.78, 5) is 2.33. The molecule has 6 heteroatoms. The van der Waals surface area contributed by atoms with E-state index in [-0.39, 0.29) is 18.2 Å². The second kappa shape index (κ2) is 5.97. The van der Waals surface area contributed by atoms with Crippen molar-refractivity contribution >= 4 is 0 Å². The Balaban J connectivity index is 1.75. The average molecular weight is 392 g/mol. The molecule has 3 saturated heterocycles. The zero-order chi connectivity index (χ0) is 19.9. The van der Waals surface area contributed by atoms with Crippen molar-refractivity contribution in [3.63, 3.8) is 0 Å². The minimum absolute atomic E-state index is 0.0941. The van der Waals surface area contributed by atoms with E-state index >= 15 is 0 Å². The molecule has 28 heavy (non-hydrogen) atoms. The molecule has 3 heterocycles. The van der Waals surface area contributed by atoms with Gasteiger partial charge in [-0.1, -0.05) is 5.57 Å². The van der Waals surface area contributed by atoms with Gasteiger partial charge in [0.1, 0.15) is 5.76 Å². The molecule has 0 aromatic carbocycles. The van der Waals surface area contributed by atoms with E-state index in [2.05, 4.69) is 25.8 Å². The van der Waals surface area contributed by atoms with Crippen LogP contribution in [-0.2, 0) is 18.9 Å². The van der Waals surface area contributed by atoms with E-state index in [0.29, 0.717) is 19.4 Å². The predicted molar refractivity (Wildman–Crippen MR) is 103 cm³/mol. The first-order chi connectivity index (χ1) is 13.3. The van der Waals surface area contributed by atoms with Crippen LogP contribution < -0.4 is 0 Å². The van der Waals surface area contributed by atoms with Crippen LogP contribution in [-0.4, -0.2) is 67.0 Å². The lowest BCUT2D eigenvalue weighted by Gasteiger charge is -2.65. The Morgan fingerprint density at radius 3 is 2.79 bits per heavy atom. The number of hydrogen-bond acceptors (Lipinski definition) is 6. The summed E-state index contributed by atoms with van der Waals surface area (Å²) in [5.74, 6) is 0.748. The maximum Gasteiger partial charge on any atom is 0.207 e. The number of ether oxygens (including phenoxy) is 4. The van der Waals surface area contributed by atoms with Crippen molar-refractivity contribution in [3.05, 3.63) is 22.7 Å². The van der Waals surface area contributed by atoms with Gasteiger partial charge in [0.15, 0.2) is 11.9 Å². The third kappa shape index (κ3) is 2.07. The summed E-state index contributed by atoms with van der Waals surface area (Å²) in [6.07, 6.45) is 3.64. The Labute approximate surface area is 167 Å². The SMILES string of the molecule is COC(C)=C1OC2C3(CCC4(O)C5CC(C)=C1C24CCN5C)OCCC(C)O3. The Morgan fingerprint density at radius 2 is 2.07 bits per heavy atom. The second-order valence-corrected chi connectivity index (χ2v) is 9.47. The minimum atomic E-state index is -0.853. The summed E-state index contributed by atoms with van der Waals surface area (Å²) in [6.45, 7) is 7.83. The van der Waals surface area contributed by atoms with Crippen LogP contribution in [0.5, 0.6) is 0 Å². The molecule has 156 valence electrons. The number of nitrogens with zero attached hydrogens (tertiary/aromatic N) is 1. The Kier molecular flexibility index (Phi) is 4.03. The van der Waals surface area contributed by atoms with Gasteiger partial charge in [-0.2, -0.15) is 0 Å². The summed E-state index contributed by atoms with van der Waals surface area (Å²) in [5, 5.41) is 12.3. The molecule has 2 spiro atoms. The van der Waals surface area contributed by atoms with Crippen LogP contribution in [0.15, 0.2) is 22.7 Å². The van der Waals surface area contributed by atoms with E-state index in [1.807, 2.05) is 6.92 Å². The Hall–Kier alpha value is -1.08. The monoisotopic (exact) mass is 391 g/mol. The van der Waals surface area contributed by atoms with Gasteiger partial charge in [0.25, 0.3) is 0 Å². The number of allylic oxidation sites excluding steroid dienone is 2. The first-order valence-electron chi connectivity index (χ1n) is 10.7. The van der Waals surface area contributed by atoms with Crippen LogP contribution in [0.1, 0.15) is 52.9 Å². The number of aliphatic hydroxyl groups is 1. The quantitative estimate of drug-likeness (QED) is 0.694. The molecule has 0 radical (unpaired) electrons. The molecule has 0 aromatic heterocycles. The van der Waals surface area contributed by atoms with Crippen LogP contribution in [0.4, 0.5) is 0 Å². The molecular weight excluding hydrogens is 358 g/mol. The summed E-state index contributed by atoms with van der Waals surface area (Å²) >= 11 is 0. The molecule has 0 amide bonds. The number of hydrogen-bond donors (Lipinski definition) is 1. The van der Waals surface area contributed by atoms with Crippen molar-refractivity contribution in [2.24, 2.45) is 5.41 Å². The number of fused-ring (bicyclic) bond motifs is 1. The van der Waals surface area contributed by atoms with Crippen molar-refractivity contribution in [3.8, 4) is 0 Å². The zero-order valence-corrected chi connectivity index (χ0v) is 17.7. The smallest absolute Gasteiger partial charge is 0.207 e. The molecule has 1 N–H and O–H groups in total. The third-order valence-corrected chi connectivity index (χ3v) is 8.15. The van der Waals surface area contributed by atoms with Gasteiger partial charge in [0, 0.05) is 18.0 Å². The fraction of sp³-hybridized carbons (Fsp3) is 0.818. The second-order valence-electron chi connectivity index (χ2n) is 9.47. The van der Waals surface area contributed by atoms with Gasteiger partial charge < -0.3 is 29.0 Å². The fourth-order valence-electron chi connectivity index (χ4n) is 6.79. The molecule has 6 nitrogen and oxygen atoms in total. The summed E-state index contributed by atoms with van der Waals surface area (Å²) in [5.41, 5.74) is 1.06. The topological polar surface area (TPSA) is 60.4 Å². The normalized spacial score (nSPS) is 49.7. The molecule has 6 atom stereocenters. The van der Waals surface area contributed by atoms with E-state index in [4.69, 9.17) is 18.9 Å². The van der Waals surface area contributed by atoms with Gasteiger partial charge in [-0.15, -0.1) is 0 Å². The number of methoxy groups -OCH3 is 1. The first-order valence-corrected chi connectivity index (χ1v) is 10.7. The average Bonchev–Trinajstić information content (AvgIpc) is 3.03. The largest absolute Gasteiger partial charge is 0.498 e. The van der Waals surface area contributed by atoms with Gasteiger partial charge in [-0.3, -0.25) is 0 Å². The fourth-order valence-corrected chi connectivity index (χ4v) is 6.79. The Morgan fingerprint density at radius 1 is 1.29 bits per heavy atom. The number of likely N-dealkylation sites (tertiary alicyclic amines) is 1. The van der Waals surface area contributed by atoms with Crippen LogP contribution in [0.2, 0.25) is 0 Å². The maximum atomic E-state index is 12.3. The van der Waals surface area contributed by atoms with E-state index in [0.717, 1.165) is 42.9 Å². The lowest BCUT2D eigenvalue weighted by Crippen LogP contribution is -2.77. The minimum Gasteiger partial charge on any atom is -0.498 e. The molecule has 2 bridgehead atoms. The highest BCUT2D eigenvalue weighted by molar-refractivity contribution is 5.51. The van der Waals surface area contributed by atoms with Gasteiger partial charge in [0.05, 0.1) is 30.8 Å². The molecule has 0 aromatic rings. The molecule has 4 fully saturated rings. The first kappa shape index (κ1) is 18.9. The third-order valence-electron chi connectivity index (χ3n) is 8.15. The van der Waals surface area contributed by atoms with Gasteiger partial charge in [-0.05, 0) is 60.0 Å². The van der Waals surface area contributed by atoms with Crippen molar-refractivity contribution < 1.29 is 24.1 Å². The number of rotatable bonds is 1. The highest BCUT2D eigenvalue weighted by Crippen LogP contribution is 2.69. The number of likely N-dealkylation sites (N-methyl/N-ethyl adjacent to an activating group) is 1. The summed E-state index contributed by atoms with van der Waals surface area (Å²) in [6, 6.07) is 0.0941. The van der Waals surface area contributed by atoms with Gasteiger partial charge in [-0.25, -0.2) is 0 Å². The van der Waals surface area contributed by atoms with Crippen LogP contribution in [0.25, 0.3) is 0 Å². The van der Waals surface area contributed by atoms with E-state index in [1.54, 1.807) is 7.11 Å². The van der Waals surface area contributed by atoms with Crippen molar-refractivity contribution in [2.45, 2.75) is 82.5 Å². The van der Waals surface area contributed by atoms with Gasteiger partial charge >= 0.3 is 0 Å². The number of piperidine rings is 1. The molecule has 3 aliphatic heterocycles. The highest BCUT2D eigenvalue weighted by atomic mass is 16.7. The zero-order valence-electron chi connectivity index (χ0n) is 17.7. The van der Waals surface area contributed by atoms with Gasteiger partial charge in [0.2, 0.25) is 5.79 Å². The molecule has 2 aliphatic carbocycles. The molecule has 5 aliphatic rings. The summed E-state index contributed by atoms with van der Waals surface area (Å²) < 4.78 is 25.1.